The van der Waals surface area contributed by atoms with Crippen LogP contribution in [-0.4, -0.2) is 5.11 Å². The van der Waals surface area contributed by atoms with Crippen LogP contribution in [0.1, 0.15) is 57.9 Å². The predicted octanol–water partition coefficient (Wildman–Crippen LogP) is 6.01. The van der Waals surface area contributed by atoms with Crippen LogP contribution in [0.3, 0.4) is 0 Å². The molecule has 4 fully saturated rings. The van der Waals surface area contributed by atoms with Gasteiger partial charge in [-0.1, -0.05) is 32.0 Å². The quantitative estimate of drug-likeness (QED) is 0.518. The van der Waals surface area contributed by atoms with Crippen LogP contribution in [-0.2, 0) is 5.41 Å². The Morgan fingerprint density at radius 1 is 0.963 bits per heavy atom. The summed E-state index contributed by atoms with van der Waals surface area (Å²) in [5, 5.41) is 10.3. The fourth-order valence-corrected chi connectivity index (χ4v) is 7.45. The summed E-state index contributed by atoms with van der Waals surface area (Å²) in [6.07, 6.45) is 7.65. The largest absolute Gasteiger partial charge is 0.506 e. The molecule has 2 aromatic rings. The standard InChI is InChI=1S/C24H29NO2/c1-22-10-16-11-23(2,13-22)15-24(12-16,14-22)18-8-19(25)20(26)9-21(18)27-17-6-4-3-5-7-17/h3-9,16,26H,10-15,25H2,1-2H3. The van der Waals surface area contributed by atoms with Crippen LogP contribution in [0, 0.1) is 16.7 Å². The van der Waals surface area contributed by atoms with Crippen molar-refractivity contribution in [2.24, 2.45) is 16.7 Å². The van der Waals surface area contributed by atoms with Crippen LogP contribution in [0.2, 0.25) is 0 Å². The number of rotatable bonds is 3. The third kappa shape index (κ3) is 2.70. The van der Waals surface area contributed by atoms with Crippen molar-refractivity contribution in [1.82, 2.24) is 0 Å². The highest BCUT2D eigenvalue weighted by Crippen LogP contribution is 2.70. The minimum absolute atomic E-state index is 0.104. The second kappa shape index (κ2) is 5.43. The Morgan fingerprint density at radius 2 is 1.63 bits per heavy atom. The van der Waals surface area contributed by atoms with Gasteiger partial charge < -0.3 is 15.6 Å². The number of nitrogens with two attached hydrogens (primary N) is 1. The molecule has 27 heavy (non-hydrogen) atoms. The zero-order valence-electron chi connectivity index (χ0n) is 16.3. The molecule has 4 bridgehead atoms. The Hall–Kier alpha value is -2.16. The molecule has 0 spiro atoms. The SMILES string of the molecule is CC12CC3CC(C)(C1)CC(c1cc(N)c(O)cc1Oc1ccccc1)(C3)C2. The Morgan fingerprint density at radius 3 is 2.26 bits per heavy atom. The maximum Gasteiger partial charge on any atom is 0.142 e. The van der Waals surface area contributed by atoms with Crippen molar-refractivity contribution in [2.45, 2.75) is 57.8 Å². The van der Waals surface area contributed by atoms with E-state index in [2.05, 4.69) is 13.8 Å². The van der Waals surface area contributed by atoms with Crippen molar-refractivity contribution in [3.05, 3.63) is 48.0 Å². The van der Waals surface area contributed by atoms with E-state index < -0.39 is 0 Å². The van der Waals surface area contributed by atoms with E-state index in [1.807, 2.05) is 36.4 Å². The average molecular weight is 364 g/mol. The number of benzene rings is 2. The van der Waals surface area contributed by atoms with E-state index in [1.54, 1.807) is 6.07 Å². The third-order valence-electron chi connectivity index (χ3n) is 7.30. The molecule has 0 heterocycles. The minimum atomic E-state index is 0.104. The minimum Gasteiger partial charge on any atom is -0.506 e. The van der Waals surface area contributed by atoms with Gasteiger partial charge >= 0.3 is 0 Å². The normalized spacial score (nSPS) is 36.7. The van der Waals surface area contributed by atoms with Gasteiger partial charge in [0.05, 0.1) is 5.69 Å². The van der Waals surface area contributed by atoms with Gasteiger partial charge in [0, 0.05) is 17.0 Å². The van der Waals surface area contributed by atoms with Crippen molar-refractivity contribution in [3.8, 4) is 17.2 Å². The number of para-hydroxylation sites is 1. The van der Waals surface area contributed by atoms with Gasteiger partial charge in [-0.15, -0.1) is 0 Å². The summed E-state index contributed by atoms with van der Waals surface area (Å²) in [7, 11) is 0. The van der Waals surface area contributed by atoms with Crippen molar-refractivity contribution in [3.63, 3.8) is 0 Å². The van der Waals surface area contributed by atoms with Gasteiger partial charge in [-0.25, -0.2) is 0 Å². The van der Waals surface area contributed by atoms with Crippen molar-refractivity contribution in [1.29, 1.82) is 0 Å². The molecule has 6 rings (SSSR count). The zero-order valence-corrected chi connectivity index (χ0v) is 16.3. The molecule has 4 aliphatic rings. The first kappa shape index (κ1) is 17.0. The van der Waals surface area contributed by atoms with Gasteiger partial charge in [-0.05, 0) is 73.5 Å². The van der Waals surface area contributed by atoms with Crippen LogP contribution < -0.4 is 10.5 Å². The fraction of sp³-hybridized carbons (Fsp3) is 0.500. The molecule has 4 aliphatic carbocycles. The molecular formula is C24H29NO2. The molecule has 0 amide bonds. The number of phenols is 1. The van der Waals surface area contributed by atoms with Crippen LogP contribution in [0.5, 0.6) is 17.2 Å². The summed E-state index contributed by atoms with van der Waals surface area (Å²) >= 11 is 0. The van der Waals surface area contributed by atoms with E-state index in [-0.39, 0.29) is 11.2 Å². The molecule has 3 heteroatoms. The molecule has 2 atom stereocenters. The highest BCUT2D eigenvalue weighted by Gasteiger charge is 2.61. The molecule has 3 nitrogen and oxygen atoms in total. The van der Waals surface area contributed by atoms with Crippen molar-refractivity contribution in [2.75, 3.05) is 5.73 Å². The molecule has 4 saturated carbocycles. The lowest BCUT2D eigenvalue weighted by molar-refractivity contribution is -0.110. The third-order valence-corrected chi connectivity index (χ3v) is 7.30. The summed E-state index contributed by atoms with van der Waals surface area (Å²) in [5.74, 6) is 2.45. The number of hydrogen-bond donors (Lipinski definition) is 2. The van der Waals surface area contributed by atoms with Gasteiger partial charge in [0.1, 0.15) is 17.2 Å². The number of anilines is 1. The Kier molecular flexibility index (Phi) is 3.42. The van der Waals surface area contributed by atoms with Crippen LogP contribution in [0.15, 0.2) is 42.5 Å². The molecule has 2 unspecified atom stereocenters. The smallest absolute Gasteiger partial charge is 0.142 e. The molecule has 2 aromatic carbocycles. The monoisotopic (exact) mass is 363 g/mol. The number of aromatic hydroxyl groups is 1. The predicted molar refractivity (Wildman–Crippen MR) is 108 cm³/mol. The fourth-order valence-electron chi connectivity index (χ4n) is 7.45. The van der Waals surface area contributed by atoms with E-state index in [9.17, 15) is 5.11 Å². The van der Waals surface area contributed by atoms with Crippen LogP contribution in [0.4, 0.5) is 5.69 Å². The van der Waals surface area contributed by atoms with Gasteiger partial charge in [-0.2, -0.15) is 0 Å². The summed E-state index contributed by atoms with van der Waals surface area (Å²) < 4.78 is 6.29. The summed E-state index contributed by atoms with van der Waals surface area (Å²) in [5.41, 5.74) is 8.74. The van der Waals surface area contributed by atoms with E-state index in [1.165, 1.54) is 44.1 Å². The van der Waals surface area contributed by atoms with Gasteiger partial charge in [-0.3, -0.25) is 0 Å². The Bertz CT molecular complexity index is 873. The van der Waals surface area contributed by atoms with E-state index in [4.69, 9.17) is 10.5 Å². The topological polar surface area (TPSA) is 55.5 Å². The number of hydrogen-bond acceptors (Lipinski definition) is 3. The molecule has 0 aromatic heterocycles. The summed E-state index contributed by atoms with van der Waals surface area (Å²) in [6, 6.07) is 13.6. The van der Waals surface area contributed by atoms with E-state index in [0.717, 1.165) is 17.4 Å². The maximum absolute atomic E-state index is 10.3. The van der Waals surface area contributed by atoms with Crippen LogP contribution >= 0.6 is 0 Å². The molecule has 142 valence electrons. The molecule has 0 radical (unpaired) electrons. The van der Waals surface area contributed by atoms with Gasteiger partial charge in [0.2, 0.25) is 0 Å². The molecule has 3 N–H and O–H groups in total. The molecular weight excluding hydrogens is 334 g/mol. The Balaban J connectivity index is 1.63. The zero-order chi connectivity index (χ0) is 18.9. The lowest BCUT2D eigenvalue weighted by Gasteiger charge is -2.65. The lowest BCUT2D eigenvalue weighted by atomic mass is 9.39. The number of nitrogen functional groups attached to an aromatic ring is 1. The van der Waals surface area contributed by atoms with Crippen molar-refractivity contribution >= 4 is 5.69 Å². The first-order chi connectivity index (χ1) is 12.8. The maximum atomic E-state index is 10.3. The molecule has 0 aliphatic heterocycles. The average Bonchev–Trinajstić information content (AvgIpc) is 2.55. The molecule has 0 saturated heterocycles. The highest BCUT2D eigenvalue weighted by molar-refractivity contribution is 5.61. The van der Waals surface area contributed by atoms with Gasteiger partial charge in [0.25, 0.3) is 0 Å². The van der Waals surface area contributed by atoms with Crippen molar-refractivity contribution < 1.29 is 9.84 Å². The first-order valence-electron chi connectivity index (χ1n) is 10.1. The Labute approximate surface area is 161 Å². The van der Waals surface area contributed by atoms with E-state index in [0.29, 0.717) is 16.5 Å². The second-order valence-corrected chi connectivity index (χ2v) is 10.2. The number of phenolic OH excluding ortho intramolecular Hbond substituents is 1. The second-order valence-electron chi connectivity index (χ2n) is 10.2. The summed E-state index contributed by atoms with van der Waals surface area (Å²) in [6.45, 7) is 4.96. The highest BCUT2D eigenvalue weighted by atomic mass is 16.5. The number of ether oxygens (including phenoxy) is 1. The first-order valence-corrected chi connectivity index (χ1v) is 10.1. The van der Waals surface area contributed by atoms with Gasteiger partial charge in [0.15, 0.2) is 0 Å². The van der Waals surface area contributed by atoms with E-state index >= 15 is 0 Å². The van der Waals surface area contributed by atoms with Crippen LogP contribution in [0.25, 0.3) is 0 Å². The lowest BCUT2D eigenvalue weighted by Crippen LogP contribution is -2.56. The summed E-state index contributed by atoms with van der Waals surface area (Å²) in [4.78, 5) is 0.